The second-order valence-electron chi connectivity index (χ2n) is 20.3. The third-order valence-electron chi connectivity index (χ3n) is 14.0. The minimum Gasteiger partial charge on any atom is -0.394 e. The summed E-state index contributed by atoms with van der Waals surface area (Å²) >= 11 is 0. The number of carbonyl (C=O) groups is 1. The van der Waals surface area contributed by atoms with Crippen molar-refractivity contribution in [3.63, 3.8) is 0 Å². The minimum atomic E-state index is -1.28. The fraction of sp³-hybridized carbons (Fsp3) is 0.948. The highest BCUT2D eigenvalue weighted by atomic mass is 16.3. The number of hydrogen-bond donors (Lipinski definition) is 5. The predicted molar refractivity (Wildman–Crippen MR) is 279 cm³/mol. The first kappa shape index (κ1) is 63.0. The Kier molecular flexibility index (Phi) is 52.2. The van der Waals surface area contributed by atoms with Gasteiger partial charge in [-0.15, -0.1) is 0 Å². The number of allylic oxidation sites excluding steroid dienone is 2. The van der Waals surface area contributed by atoms with E-state index in [1.807, 2.05) is 0 Å². The Hall–Kier alpha value is -0.950. The smallest absolute Gasteiger partial charge is 0.249 e. The lowest BCUT2D eigenvalue weighted by molar-refractivity contribution is -0.132. The highest BCUT2D eigenvalue weighted by Gasteiger charge is 2.28. The molecule has 0 aliphatic carbocycles. The fourth-order valence-electron chi connectivity index (χ4n) is 9.41. The van der Waals surface area contributed by atoms with E-state index in [2.05, 4.69) is 31.3 Å². The van der Waals surface area contributed by atoms with Crippen LogP contribution in [0.3, 0.4) is 0 Å². The van der Waals surface area contributed by atoms with Crippen LogP contribution < -0.4 is 5.32 Å². The number of carbonyl (C=O) groups excluding carboxylic acids is 1. The normalized spacial score (nSPS) is 13.8. The molecule has 0 bridgehead atoms. The summed E-state index contributed by atoms with van der Waals surface area (Å²) in [5.74, 6) is -0.586. The first-order valence-electron chi connectivity index (χ1n) is 29.1. The molecule has 0 aliphatic heterocycles. The Bertz CT molecular complexity index is 928. The molecular weight excluding hydrogens is 791 g/mol. The van der Waals surface area contributed by atoms with Crippen LogP contribution in [0.5, 0.6) is 0 Å². The van der Waals surface area contributed by atoms with Crippen LogP contribution in [0.15, 0.2) is 12.2 Å². The van der Waals surface area contributed by atoms with Gasteiger partial charge >= 0.3 is 0 Å². The first-order valence-corrected chi connectivity index (χ1v) is 29.1. The fourth-order valence-corrected chi connectivity index (χ4v) is 9.41. The van der Waals surface area contributed by atoms with Crippen molar-refractivity contribution in [3.8, 4) is 0 Å². The number of aliphatic hydroxyl groups is 4. The van der Waals surface area contributed by atoms with Crippen molar-refractivity contribution < 1.29 is 25.2 Å². The van der Waals surface area contributed by atoms with E-state index >= 15 is 0 Å². The highest BCUT2D eigenvalue weighted by Crippen LogP contribution is 2.18. The lowest BCUT2D eigenvalue weighted by atomic mass is 10.00. The van der Waals surface area contributed by atoms with E-state index in [0.29, 0.717) is 12.8 Å². The Morgan fingerprint density at radius 2 is 0.641 bits per heavy atom. The van der Waals surface area contributed by atoms with E-state index < -0.39 is 36.9 Å². The van der Waals surface area contributed by atoms with Gasteiger partial charge in [-0.3, -0.25) is 4.79 Å². The SMILES string of the molecule is CCCCCCCCCCCCCC/C=C/CCCC(O)C(O)C(CO)NC(=O)C(O)CCCCCCCCCCCCCCCCCCCCCCCCCCCCCCCCC. The van der Waals surface area contributed by atoms with Crippen molar-refractivity contribution in [2.45, 2.75) is 346 Å². The third kappa shape index (κ3) is 46.2. The average molecular weight is 907 g/mol. The van der Waals surface area contributed by atoms with Crippen molar-refractivity contribution in [3.05, 3.63) is 12.2 Å². The molecule has 0 radical (unpaired) electrons. The third-order valence-corrected chi connectivity index (χ3v) is 14.0. The van der Waals surface area contributed by atoms with E-state index in [-0.39, 0.29) is 0 Å². The summed E-state index contributed by atoms with van der Waals surface area (Å²) in [7, 11) is 0. The van der Waals surface area contributed by atoms with Gasteiger partial charge in [-0.1, -0.05) is 296 Å². The van der Waals surface area contributed by atoms with Gasteiger partial charge in [0.15, 0.2) is 0 Å². The quantitative estimate of drug-likeness (QED) is 0.0308. The summed E-state index contributed by atoms with van der Waals surface area (Å²) < 4.78 is 0. The Morgan fingerprint density at radius 1 is 0.375 bits per heavy atom. The zero-order valence-electron chi connectivity index (χ0n) is 43.3. The van der Waals surface area contributed by atoms with Crippen LogP contribution >= 0.6 is 0 Å². The number of unbranched alkanes of at least 4 members (excludes halogenated alkanes) is 43. The molecule has 4 unspecified atom stereocenters. The topological polar surface area (TPSA) is 110 Å². The summed E-state index contributed by atoms with van der Waals surface area (Å²) in [4.78, 5) is 12.6. The molecule has 0 aliphatic rings. The molecule has 0 saturated carbocycles. The van der Waals surface area contributed by atoms with Gasteiger partial charge in [0.05, 0.1) is 18.8 Å². The summed E-state index contributed by atoms with van der Waals surface area (Å²) in [5, 5.41) is 43.9. The van der Waals surface area contributed by atoms with Crippen LogP contribution in [0.1, 0.15) is 322 Å². The zero-order chi connectivity index (χ0) is 46.7. The largest absolute Gasteiger partial charge is 0.394 e. The van der Waals surface area contributed by atoms with Crippen LogP contribution in [0.2, 0.25) is 0 Å². The second-order valence-corrected chi connectivity index (χ2v) is 20.3. The molecule has 0 heterocycles. The number of amides is 1. The molecular formula is C58H115NO5. The molecule has 0 spiro atoms. The Morgan fingerprint density at radius 3 is 0.938 bits per heavy atom. The predicted octanol–water partition coefficient (Wildman–Crippen LogP) is 16.9. The monoisotopic (exact) mass is 906 g/mol. The van der Waals surface area contributed by atoms with Crippen molar-refractivity contribution >= 4 is 5.91 Å². The first-order chi connectivity index (χ1) is 31.5. The van der Waals surface area contributed by atoms with Crippen LogP contribution in [0.25, 0.3) is 0 Å². The Labute approximate surface area is 400 Å². The minimum absolute atomic E-state index is 0.369. The second kappa shape index (κ2) is 53.0. The molecule has 0 aromatic rings. The van der Waals surface area contributed by atoms with Crippen molar-refractivity contribution in [2.75, 3.05) is 6.61 Å². The molecule has 64 heavy (non-hydrogen) atoms. The van der Waals surface area contributed by atoms with Gasteiger partial charge in [0.25, 0.3) is 0 Å². The van der Waals surface area contributed by atoms with Crippen molar-refractivity contribution in [1.82, 2.24) is 5.32 Å². The van der Waals surface area contributed by atoms with Gasteiger partial charge in [0.1, 0.15) is 12.2 Å². The maximum Gasteiger partial charge on any atom is 0.249 e. The molecule has 1 amide bonds. The molecule has 6 nitrogen and oxygen atoms in total. The van der Waals surface area contributed by atoms with Gasteiger partial charge in [0, 0.05) is 0 Å². The van der Waals surface area contributed by atoms with E-state index in [9.17, 15) is 25.2 Å². The van der Waals surface area contributed by atoms with Gasteiger partial charge in [-0.05, 0) is 38.5 Å². The molecule has 382 valence electrons. The van der Waals surface area contributed by atoms with Gasteiger partial charge in [-0.25, -0.2) is 0 Å². The van der Waals surface area contributed by atoms with Crippen molar-refractivity contribution in [1.29, 1.82) is 0 Å². The van der Waals surface area contributed by atoms with E-state index in [1.54, 1.807) is 0 Å². The summed E-state index contributed by atoms with van der Waals surface area (Å²) in [5.41, 5.74) is 0. The number of rotatable bonds is 54. The zero-order valence-corrected chi connectivity index (χ0v) is 43.3. The molecule has 0 saturated heterocycles. The van der Waals surface area contributed by atoms with Crippen LogP contribution in [0.4, 0.5) is 0 Å². The lowest BCUT2D eigenvalue weighted by Crippen LogP contribution is -2.53. The summed E-state index contributed by atoms with van der Waals surface area (Å²) in [6.07, 6.45) is 63.0. The highest BCUT2D eigenvalue weighted by molar-refractivity contribution is 5.80. The molecule has 0 aromatic heterocycles. The number of hydrogen-bond acceptors (Lipinski definition) is 5. The van der Waals surface area contributed by atoms with Crippen LogP contribution in [0, 0.1) is 0 Å². The van der Waals surface area contributed by atoms with Crippen LogP contribution in [-0.4, -0.2) is 57.3 Å². The summed E-state index contributed by atoms with van der Waals surface area (Å²) in [6.45, 7) is 4.08. The molecule has 5 N–H and O–H groups in total. The van der Waals surface area contributed by atoms with E-state index in [1.165, 1.54) is 257 Å². The average Bonchev–Trinajstić information content (AvgIpc) is 3.30. The number of nitrogens with one attached hydrogen (secondary N) is 1. The maximum absolute atomic E-state index is 12.6. The van der Waals surface area contributed by atoms with Gasteiger partial charge in [-0.2, -0.15) is 0 Å². The molecule has 4 atom stereocenters. The van der Waals surface area contributed by atoms with Crippen molar-refractivity contribution in [2.24, 2.45) is 0 Å². The van der Waals surface area contributed by atoms with Crippen LogP contribution in [-0.2, 0) is 4.79 Å². The maximum atomic E-state index is 12.6. The van der Waals surface area contributed by atoms with Gasteiger partial charge < -0.3 is 25.7 Å². The van der Waals surface area contributed by atoms with E-state index in [4.69, 9.17) is 0 Å². The molecule has 6 heteroatoms. The molecule has 0 aromatic carbocycles. The summed E-state index contributed by atoms with van der Waals surface area (Å²) in [6, 6.07) is -0.998. The lowest BCUT2D eigenvalue weighted by Gasteiger charge is -2.27. The number of aliphatic hydroxyl groups excluding tert-OH is 4. The molecule has 0 rings (SSSR count). The standard InChI is InChI=1S/C58H115NO5/c1-3-5-7-9-11-13-15-17-19-21-22-23-24-25-26-27-28-29-30-31-32-33-34-36-38-40-42-44-46-48-50-52-56(62)58(64)59-54(53-60)57(63)55(61)51-49-47-45-43-41-39-37-35-20-18-16-14-12-10-8-6-4-2/h43,45,54-57,60-63H,3-42,44,46-53H2,1-2H3,(H,59,64)/b45-43+. The Balaban J connectivity index is 3.56. The van der Waals surface area contributed by atoms with E-state index in [0.717, 1.165) is 38.5 Å². The molecule has 0 fully saturated rings. The van der Waals surface area contributed by atoms with Gasteiger partial charge in [0.2, 0.25) is 5.91 Å².